The van der Waals surface area contributed by atoms with E-state index < -0.39 is 34.2 Å². The van der Waals surface area contributed by atoms with Crippen molar-refractivity contribution >= 4 is 11.5 Å². The van der Waals surface area contributed by atoms with Crippen LogP contribution in [0, 0.1) is 21.4 Å². The average molecular weight is 248 g/mol. The lowest BCUT2D eigenvalue weighted by Crippen LogP contribution is -2.18. The van der Waals surface area contributed by atoms with Gasteiger partial charge < -0.3 is 20.6 Å². The van der Waals surface area contributed by atoms with Gasteiger partial charge in [0.1, 0.15) is 5.69 Å². The summed E-state index contributed by atoms with van der Waals surface area (Å²) in [7, 11) is 0. The molecule has 1 aromatic rings. The number of nitrogen functional groups attached to an aromatic ring is 1. The van der Waals surface area contributed by atoms with Crippen molar-refractivity contribution in [2.45, 2.75) is 6.36 Å². The van der Waals surface area contributed by atoms with Crippen molar-refractivity contribution in [2.24, 2.45) is 0 Å². The van der Waals surface area contributed by atoms with Crippen LogP contribution in [0.4, 0.5) is 24.7 Å². The van der Waals surface area contributed by atoms with Crippen molar-refractivity contribution in [3.8, 4) is 11.8 Å². The Morgan fingerprint density at radius 3 is 2.59 bits per heavy atom. The zero-order valence-electron chi connectivity index (χ0n) is 7.85. The van der Waals surface area contributed by atoms with Gasteiger partial charge in [0, 0.05) is 0 Å². The number of hydrogen-bond donors (Lipinski definition) is 1. The van der Waals surface area contributed by atoms with Crippen LogP contribution in [-0.2, 0) is 0 Å². The van der Waals surface area contributed by atoms with E-state index in [-0.39, 0.29) is 0 Å². The van der Waals surface area contributed by atoms with E-state index in [1.807, 2.05) is 0 Å². The summed E-state index contributed by atoms with van der Waals surface area (Å²) in [4.78, 5) is 12.4. The molecule has 0 fully saturated rings. The first-order valence-electron chi connectivity index (χ1n) is 3.85. The zero-order valence-corrected chi connectivity index (χ0v) is 7.85. The molecule has 0 aromatic carbocycles. The van der Waals surface area contributed by atoms with Crippen molar-refractivity contribution in [2.75, 3.05) is 5.73 Å². The number of anilines is 1. The molecule has 1 heterocycles. The van der Waals surface area contributed by atoms with Crippen molar-refractivity contribution in [3.63, 3.8) is 0 Å². The number of alkyl halides is 3. The minimum Gasteiger partial charge on any atom is -0.403 e. The normalized spacial score (nSPS) is 10.7. The number of aromatic nitrogens is 1. The monoisotopic (exact) mass is 248 g/mol. The van der Waals surface area contributed by atoms with Crippen LogP contribution >= 0.6 is 0 Å². The molecule has 10 heteroatoms. The molecule has 1 rings (SSSR count). The molecule has 0 amide bonds. The number of nitro groups is 1. The number of pyridine rings is 1. The van der Waals surface area contributed by atoms with E-state index in [2.05, 4.69) is 9.72 Å². The Labute approximate surface area is 91.4 Å². The Bertz CT molecular complexity index is 508. The van der Waals surface area contributed by atoms with Gasteiger partial charge in [-0.3, -0.25) is 0 Å². The number of nitrogens with zero attached hydrogens (tertiary/aromatic N) is 3. The second-order valence-electron chi connectivity index (χ2n) is 2.66. The van der Waals surface area contributed by atoms with Crippen molar-refractivity contribution < 1.29 is 22.8 Å². The molecule has 0 aliphatic rings. The number of nitriles is 1. The van der Waals surface area contributed by atoms with E-state index in [4.69, 9.17) is 11.0 Å². The molecule has 0 aliphatic carbocycles. The zero-order chi connectivity index (χ0) is 13.2. The third kappa shape index (κ3) is 2.94. The first-order chi connectivity index (χ1) is 7.74. The summed E-state index contributed by atoms with van der Waals surface area (Å²) in [5.41, 5.74) is 3.72. The van der Waals surface area contributed by atoms with E-state index in [1.54, 1.807) is 0 Å². The number of halogens is 3. The van der Waals surface area contributed by atoms with E-state index in [0.717, 1.165) is 0 Å². The Morgan fingerprint density at radius 2 is 2.18 bits per heavy atom. The molecule has 1 aromatic heterocycles. The summed E-state index contributed by atoms with van der Waals surface area (Å²) in [6.07, 6.45) is -5.07. The summed E-state index contributed by atoms with van der Waals surface area (Å²) in [5.74, 6) is -1.99. The van der Waals surface area contributed by atoms with Crippen LogP contribution in [-0.4, -0.2) is 16.3 Å². The van der Waals surface area contributed by atoms with Crippen LogP contribution < -0.4 is 10.5 Å². The van der Waals surface area contributed by atoms with Crippen LogP contribution in [0.3, 0.4) is 0 Å². The van der Waals surface area contributed by atoms with Gasteiger partial charge in [0.25, 0.3) is 5.69 Å². The molecule has 0 unspecified atom stereocenters. The fraction of sp³-hybridized carbons (Fsp3) is 0.143. The van der Waals surface area contributed by atoms with Gasteiger partial charge in [0.2, 0.25) is 0 Å². The van der Waals surface area contributed by atoms with Crippen LogP contribution in [0.2, 0.25) is 0 Å². The predicted octanol–water partition coefficient (Wildman–Crippen LogP) is 1.34. The minimum atomic E-state index is -5.07. The summed E-state index contributed by atoms with van der Waals surface area (Å²) in [5, 5.41) is 18.8. The predicted molar refractivity (Wildman–Crippen MR) is 46.7 cm³/mol. The van der Waals surface area contributed by atoms with E-state index in [9.17, 15) is 23.3 Å². The minimum absolute atomic E-state index is 0.393. The maximum absolute atomic E-state index is 11.9. The molecule has 17 heavy (non-hydrogen) atoms. The van der Waals surface area contributed by atoms with E-state index >= 15 is 0 Å². The van der Waals surface area contributed by atoms with Crippen LogP contribution in [0.5, 0.6) is 5.75 Å². The Hall–Kier alpha value is -2.57. The lowest BCUT2D eigenvalue weighted by atomic mass is 10.3. The van der Waals surface area contributed by atoms with E-state index in [0.29, 0.717) is 6.07 Å². The van der Waals surface area contributed by atoms with E-state index in [1.165, 1.54) is 6.07 Å². The second kappa shape index (κ2) is 4.12. The lowest BCUT2D eigenvalue weighted by Gasteiger charge is -2.10. The molecule has 0 aliphatic heterocycles. The van der Waals surface area contributed by atoms with Crippen LogP contribution in [0.15, 0.2) is 6.07 Å². The standard InChI is InChI=1S/C7H3F3N4O3/c8-7(9,10)17-4-1-5(14(15)16)13-3(2-11)6(4)12/h1H,12H2. The van der Waals surface area contributed by atoms with Crippen LogP contribution in [0.25, 0.3) is 0 Å². The molecule has 90 valence electrons. The van der Waals surface area contributed by atoms with Gasteiger partial charge in [0.05, 0.1) is 6.07 Å². The highest BCUT2D eigenvalue weighted by Gasteiger charge is 2.34. The highest BCUT2D eigenvalue weighted by atomic mass is 19.4. The molecule has 0 bridgehead atoms. The third-order valence-electron chi connectivity index (χ3n) is 1.53. The van der Waals surface area contributed by atoms with Crippen molar-refractivity contribution in [1.29, 1.82) is 5.26 Å². The average Bonchev–Trinajstić information content (AvgIpc) is 2.18. The van der Waals surface area contributed by atoms with Crippen molar-refractivity contribution in [3.05, 3.63) is 21.9 Å². The number of nitrogens with two attached hydrogens (primary N) is 1. The largest absolute Gasteiger partial charge is 0.573 e. The molecular weight excluding hydrogens is 245 g/mol. The molecule has 2 N–H and O–H groups in total. The van der Waals surface area contributed by atoms with Gasteiger partial charge in [-0.15, -0.1) is 13.2 Å². The molecule has 0 atom stereocenters. The summed E-state index contributed by atoms with van der Waals surface area (Å²) < 4.78 is 39.3. The van der Waals surface area contributed by atoms with Crippen LogP contribution in [0.1, 0.15) is 5.69 Å². The molecular formula is C7H3F3N4O3. The Morgan fingerprint density at radius 1 is 1.59 bits per heavy atom. The topological polar surface area (TPSA) is 115 Å². The quantitative estimate of drug-likeness (QED) is 0.623. The highest BCUT2D eigenvalue weighted by molar-refractivity contribution is 5.62. The summed E-state index contributed by atoms with van der Waals surface area (Å²) in [6.45, 7) is 0. The third-order valence-corrected chi connectivity index (χ3v) is 1.53. The van der Waals surface area contributed by atoms with Gasteiger partial charge in [-0.25, -0.2) is 0 Å². The number of rotatable bonds is 2. The lowest BCUT2D eigenvalue weighted by molar-refractivity contribution is -0.389. The van der Waals surface area contributed by atoms with Gasteiger partial charge in [-0.2, -0.15) is 5.26 Å². The number of ether oxygens (including phenoxy) is 1. The summed E-state index contributed by atoms with van der Waals surface area (Å²) in [6, 6.07) is 1.72. The Kier molecular flexibility index (Phi) is 3.03. The molecule has 7 nitrogen and oxygen atoms in total. The second-order valence-corrected chi connectivity index (χ2v) is 2.66. The van der Waals surface area contributed by atoms with Gasteiger partial charge in [-0.1, -0.05) is 0 Å². The number of hydrogen-bond acceptors (Lipinski definition) is 6. The van der Waals surface area contributed by atoms with Gasteiger partial charge >= 0.3 is 12.2 Å². The fourth-order valence-corrected chi connectivity index (χ4v) is 0.907. The summed E-state index contributed by atoms with van der Waals surface area (Å²) >= 11 is 0. The highest BCUT2D eigenvalue weighted by Crippen LogP contribution is 2.32. The van der Waals surface area contributed by atoms with Crippen molar-refractivity contribution in [1.82, 2.24) is 4.98 Å². The fourth-order valence-electron chi connectivity index (χ4n) is 0.907. The first-order valence-corrected chi connectivity index (χ1v) is 3.85. The smallest absolute Gasteiger partial charge is 0.403 e. The first kappa shape index (κ1) is 12.5. The van der Waals surface area contributed by atoms with Gasteiger partial charge in [-0.05, 0) is 9.91 Å². The Balaban J connectivity index is 3.34. The molecule has 0 radical (unpaired) electrons. The van der Waals surface area contributed by atoms with Gasteiger partial charge in [0.15, 0.2) is 11.8 Å². The molecule has 0 spiro atoms. The maximum atomic E-state index is 11.9. The molecule has 0 saturated carbocycles. The maximum Gasteiger partial charge on any atom is 0.573 e. The molecule has 0 saturated heterocycles. The SMILES string of the molecule is N#Cc1nc([N+](=O)[O-])cc(OC(F)(F)F)c1N.